The molecule has 0 aliphatic carbocycles. The Morgan fingerprint density at radius 2 is 1.86 bits per heavy atom. The minimum atomic E-state index is -1.34. The summed E-state index contributed by atoms with van der Waals surface area (Å²) < 4.78 is 35.1. The quantitative estimate of drug-likeness (QED) is 0.406. The van der Waals surface area contributed by atoms with Gasteiger partial charge >= 0.3 is 0 Å². The number of nitrogens with zero attached hydrogens (tertiary/aromatic N) is 5. The molecule has 0 amide bonds. The standard InChI is InChI=1S/C25H22ClF2N5O4/c1-13-7-21(34)32(20-5-6-29-24(31-20)25(3,4)36)11-18(13)33-14(2)8-19(22(26)23(33)35)37-12-17-16(28)9-15(27)10-30-17/h5-11,36H,12H2,1-4H3. The van der Waals surface area contributed by atoms with Gasteiger partial charge in [0.05, 0.1) is 11.9 Å². The van der Waals surface area contributed by atoms with Crippen molar-refractivity contribution in [3.8, 4) is 17.3 Å². The van der Waals surface area contributed by atoms with Crippen LogP contribution in [0.2, 0.25) is 5.02 Å². The maximum Gasteiger partial charge on any atom is 0.277 e. The third-order valence-corrected chi connectivity index (χ3v) is 5.80. The van der Waals surface area contributed by atoms with Crippen LogP contribution in [0.15, 0.2) is 52.4 Å². The van der Waals surface area contributed by atoms with Crippen LogP contribution >= 0.6 is 11.6 Å². The van der Waals surface area contributed by atoms with Gasteiger partial charge in [-0.25, -0.2) is 18.7 Å². The van der Waals surface area contributed by atoms with E-state index in [-0.39, 0.29) is 34.7 Å². The topological polar surface area (TPSA) is 112 Å². The molecule has 1 N–H and O–H groups in total. The minimum absolute atomic E-state index is 0.0115. The molecule has 37 heavy (non-hydrogen) atoms. The zero-order valence-electron chi connectivity index (χ0n) is 20.3. The fraction of sp³-hybridized carbons (Fsp3) is 0.240. The normalized spacial score (nSPS) is 11.6. The first kappa shape index (κ1) is 26.1. The molecule has 0 bridgehead atoms. The van der Waals surface area contributed by atoms with E-state index in [4.69, 9.17) is 16.3 Å². The second-order valence-corrected chi connectivity index (χ2v) is 9.20. The molecule has 0 saturated carbocycles. The predicted octanol–water partition coefficient (Wildman–Crippen LogP) is 3.53. The van der Waals surface area contributed by atoms with Crippen molar-refractivity contribution in [2.24, 2.45) is 0 Å². The Bertz CT molecular complexity index is 1630. The fourth-order valence-electron chi connectivity index (χ4n) is 3.59. The van der Waals surface area contributed by atoms with Gasteiger partial charge in [0.2, 0.25) is 0 Å². The van der Waals surface area contributed by atoms with Gasteiger partial charge < -0.3 is 9.84 Å². The van der Waals surface area contributed by atoms with Crippen molar-refractivity contribution in [3.63, 3.8) is 0 Å². The van der Waals surface area contributed by atoms with Crippen molar-refractivity contribution in [1.82, 2.24) is 24.1 Å². The van der Waals surface area contributed by atoms with E-state index >= 15 is 0 Å². The number of rotatable bonds is 6. The van der Waals surface area contributed by atoms with E-state index in [0.29, 0.717) is 23.0 Å². The molecule has 4 heterocycles. The van der Waals surface area contributed by atoms with Crippen LogP contribution in [0.25, 0.3) is 11.5 Å². The van der Waals surface area contributed by atoms with E-state index < -0.39 is 28.4 Å². The SMILES string of the molecule is Cc1cc(=O)n(-c2ccnc(C(C)(C)O)n2)cc1-n1c(C)cc(OCc2ncc(F)cc2F)c(Cl)c1=O. The predicted molar refractivity (Wildman–Crippen MR) is 131 cm³/mol. The molecule has 0 fully saturated rings. The van der Waals surface area contributed by atoms with E-state index in [0.717, 1.165) is 6.20 Å². The molecule has 0 aromatic carbocycles. The second-order valence-electron chi connectivity index (χ2n) is 8.82. The Kier molecular flexibility index (Phi) is 6.94. The molecule has 4 aromatic rings. The lowest BCUT2D eigenvalue weighted by Crippen LogP contribution is -2.27. The second kappa shape index (κ2) is 9.83. The highest BCUT2D eigenvalue weighted by atomic mass is 35.5. The molecule has 0 saturated heterocycles. The van der Waals surface area contributed by atoms with Gasteiger partial charge in [-0.2, -0.15) is 0 Å². The maximum atomic E-state index is 13.9. The third kappa shape index (κ3) is 5.27. The van der Waals surface area contributed by atoms with Gasteiger partial charge in [0.25, 0.3) is 11.1 Å². The summed E-state index contributed by atoms with van der Waals surface area (Å²) in [4.78, 5) is 38.1. The molecule has 0 spiro atoms. The Morgan fingerprint density at radius 3 is 2.54 bits per heavy atom. The van der Waals surface area contributed by atoms with Gasteiger partial charge in [-0.3, -0.25) is 23.7 Å². The number of halogens is 3. The number of pyridine rings is 3. The van der Waals surface area contributed by atoms with Crippen LogP contribution in [0.5, 0.6) is 5.75 Å². The highest BCUT2D eigenvalue weighted by Crippen LogP contribution is 2.26. The lowest BCUT2D eigenvalue weighted by Gasteiger charge is -2.18. The minimum Gasteiger partial charge on any atom is -0.485 e. The van der Waals surface area contributed by atoms with E-state index in [9.17, 15) is 23.5 Å². The first-order valence-corrected chi connectivity index (χ1v) is 11.4. The van der Waals surface area contributed by atoms with Crippen molar-refractivity contribution in [2.75, 3.05) is 0 Å². The van der Waals surface area contributed by atoms with Crippen molar-refractivity contribution in [1.29, 1.82) is 0 Å². The van der Waals surface area contributed by atoms with Gasteiger partial charge in [0, 0.05) is 36.3 Å². The van der Waals surface area contributed by atoms with Crippen LogP contribution in [0.1, 0.15) is 36.6 Å². The molecule has 12 heteroatoms. The summed E-state index contributed by atoms with van der Waals surface area (Å²) >= 11 is 6.31. The first-order valence-electron chi connectivity index (χ1n) is 11.0. The molecular weight excluding hydrogens is 508 g/mol. The molecule has 4 rings (SSSR count). The van der Waals surface area contributed by atoms with E-state index in [1.807, 2.05) is 0 Å². The maximum absolute atomic E-state index is 13.9. The summed E-state index contributed by atoms with van der Waals surface area (Å²) in [7, 11) is 0. The van der Waals surface area contributed by atoms with Crippen molar-refractivity contribution >= 4 is 11.6 Å². The van der Waals surface area contributed by atoms with Crippen LogP contribution < -0.4 is 15.9 Å². The Morgan fingerprint density at radius 1 is 1.14 bits per heavy atom. The summed E-state index contributed by atoms with van der Waals surface area (Å²) in [5, 5.41) is 9.97. The summed E-state index contributed by atoms with van der Waals surface area (Å²) in [5.41, 5.74) is -1.29. The summed E-state index contributed by atoms with van der Waals surface area (Å²) in [6.07, 6.45) is 3.71. The summed E-state index contributed by atoms with van der Waals surface area (Å²) in [5.74, 6) is -1.42. The first-order chi connectivity index (χ1) is 17.4. The molecule has 0 radical (unpaired) electrons. The summed E-state index contributed by atoms with van der Waals surface area (Å²) in [6, 6.07) is 5.00. The van der Waals surface area contributed by atoms with Gasteiger partial charge in [-0.05, 0) is 39.3 Å². The van der Waals surface area contributed by atoms with Crippen molar-refractivity contribution in [2.45, 2.75) is 39.9 Å². The molecule has 192 valence electrons. The Hall–Kier alpha value is -3.96. The third-order valence-electron chi connectivity index (χ3n) is 5.46. The van der Waals surface area contributed by atoms with E-state index in [1.165, 1.54) is 53.6 Å². The van der Waals surface area contributed by atoms with Gasteiger partial charge in [-0.15, -0.1) is 0 Å². The number of aliphatic hydroxyl groups is 1. The van der Waals surface area contributed by atoms with Crippen LogP contribution in [0.3, 0.4) is 0 Å². The smallest absolute Gasteiger partial charge is 0.277 e. The number of ether oxygens (including phenoxy) is 1. The molecule has 9 nitrogen and oxygen atoms in total. The zero-order valence-corrected chi connectivity index (χ0v) is 21.0. The fourth-order valence-corrected chi connectivity index (χ4v) is 3.78. The molecule has 4 aromatic heterocycles. The molecular formula is C25H22ClF2N5O4. The van der Waals surface area contributed by atoms with Crippen LogP contribution in [-0.4, -0.2) is 29.2 Å². The number of aromatic nitrogens is 5. The Labute approximate surface area is 214 Å². The number of aryl methyl sites for hydroxylation is 2. The number of hydrogen-bond donors (Lipinski definition) is 1. The van der Waals surface area contributed by atoms with Crippen LogP contribution in [-0.2, 0) is 12.2 Å². The lowest BCUT2D eigenvalue weighted by molar-refractivity contribution is 0.0686. The summed E-state index contributed by atoms with van der Waals surface area (Å²) in [6.45, 7) is 5.95. The number of hydrogen-bond acceptors (Lipinski definition) is 7. The highest BCUT2D eigenvalue weighted by Gasteiger charge is 2.21. The highest BCUT2D eigenvalue weighted by molar-refractivity contribution is 6.31. The Balaban J connectivity index is 1.76. The lowest BCUT2D eigenvalue weighted by atomic mass is 10.1. The monoisotopic (exact) mass is 529 g/mol. The van der Waals surface area contributed by atoms with Gasteiger partial charge in [-0.1, -0.05) is 11.6 Å². The van der Waals surface area contributed by atoms with E-state index in [1.54, 1.807) is 13.8 Å². The molecule has 0 aliphatic rings. The van der Waals surface area contributed by atoms with Crippen LogP contribution in [0, 0.1) is 25.5 Å². The average molecular weight is 530 g/mol. The van der Waals surface area contributed by atoms with Crippen LogP contribution in [0.4, 0.5) is 8.78 Å². The van der Waals surface area contributed by atoms with Gasteiger partial charge in [0.15, 0.2) is 11.6 Å². The molecule has 0 aliphatic heterocycles. The largest absolute Gasteiger partial charge is 0.485 e. The zero-order chi connectivity index (χ0) is 27.1. The van der Waals surface area contributed by atoms with E-state index in [2.05, 4.69) is 15.0 Å². The molecule has 0 atom stereocenters. The van der Waals surface area contributed by atoms with Crippen molar-refractivity contribution < 1.29 is 18.6 Å². The average Bonchev–Trinajstić information content (AvgIpc) is 2.82. The van der Waals surface area contributed by atoms with Gasteiger partial charge in [0.1, 0.15) is 40.3 Å². The van der Waals surface area contributed by atoms with Crippen molar-refractivity contribution in [3.05, 3.63) is 103 Å². The molecule has 0 unspecified atom stereocenters.